The molecule has 182 valence electrons. The highest BCUT2D eigenvalue weighted by molar-refractivity contribution is 6.04. The van der Waals surface area contributed by atoms with E-state index in [1.54, 1.807) is 0 Å². The summed E-state index contributed by atoms with van der Waals surface area (Å²) in [5, 5.41) is 9.40. The first kappa shape index (κ1) is 25.2. The molecular weight excluding hydrogens is 434 g/mol. The summed E-state index contributed by atoms with van der Waals surface area (Å²) in [5.74, 6) is 0.605. The molecule has 0 bridgehead atoms. The molecule has 34 heavy (non-hydrogen) atoms. The number of fused-ring (bicyclic) bond motifs is 1. The van der Waals surface area contributed by atoms with Crippen LogP contribution in [-0.2, 0) is 20.7 Å². The highest BCUT2D eigenvalue weighted by Gasteiger charge is 2.12. The first-order valence-electron chi connectivity index (χ1n) is 11.7. The summed E-state index contributed by atoms with van der Waals surface area (Å²) < 4.78 is 15.5. The molecule has 2 aliphatic heterocycles. The van der Waals surface area contributed by atoms with Crippen LogP contribution in [0.15, 0.2) is 47.6 Å². The van der Waals surface area contributed by atoms with E-state index in [4.69, 9.17) is 9.47 Å². The van der Waals surface area contributed by atoms with Crippen molar-refractivity contribution in [2.24, 2.45) is 5.10 Å². The van der Waals surface area contributed by atoms with Gasteiger partial charge in [-0.05, 0) is 60.7 Å². The number of esters is 1. The van der Waals surface area contributed by atoms with Gasteiger partial charge >= 0.3 is 5.97 Å². The number of nitrogens with zero attached hydrogens (tertiary/aromatic N) is 2. The second kappa shape index (κ2) is 13.3. The number of carbonyl (C=O) groups excluding carboxylic acids is 2. The molecule has 1 amide bonds. The van der Waals surface area contributed by atoms with Crippen molar-refractivity contribution in [3.8, 4) is 5.75 Å². The largest absolute Gasteiger partial charge is 0.493 e. The van der Waals surface area contributed by atoms with Crippen molar-refractivity contribution in [3.63, 3.8) is 0 Å². The van der Waals surface area contributed by atoms with Crippen LogP contribution in [-0.4, -0.2) is 62.6 Å². The van der Waals surface area contributed by atoms with Crippen molar-refractivity contribution in [1.29, 1.82) is 0 Å². The predicted octanol–water partition coefficient (Wildman–Crippen LogP) is 3.89. The van der Waals surface area contributed by atoms with Crippen molar-refractivity contribution in [2.45, 2.75) is 33.1 Å². The molecule has 1 N–H and O–H groups in total. The van der Waals surface area contributed by atoms with Crippen LogP contribution in [0.5, 0.6) is 5.75 Å². The van der Waals surface area contributed by atoms with Gasteiger partial charge in [0.15, 0.2) is 0 Å². The van der Waals surface area contributed by atoms with E-state index in [0.717, 1.165) is 61.5 Å². The van der Waals surface area contributed by atoms with Gasteiger partial charge in [-0.15, -0.1) is 0 Å². The second-order valence-electron chi connectivity index (χ2n) is 8.00. The summed E-state index contributed by atoms with van der Waals surface area (Å²) >= 11 is 0. The van der Waals surface area contributed by atoms with Crippen LogP contribution < -0.4 is 10.1 Å². The van der Waals surface area contributed by atoms with Crippen molar-refractivity contribution >= 4 is 23.8 Å². The maximum absolute atomic E-state index is 12.5. The average Bonchev–Trinajstić information content (AvgIpc) is 2.87. The smallest absolute Gasteiger partial charge is 0.302 e. The molecule has 1 saturated heterocycles. The Balaban J connectivity index is 0.000000406. The maximum Gasteiger partial charge on any atom is 0.302 e. The number of hydrogen-bond donors (Lipinski definition) is 1. The second-order valence-corrected chi connectivity index (χ2v) is 8.00. The van der Waals surface area contributed by atoms with Gasteiger partial charge in [0.05, 0.1) is 45.7 Å². The quantitative estimate of drug-likeness (QED) is 0.512. The number of benzene rings is 2. The lowest BCUT2D eigenvalue weighted by atomic mass is 10.1. The summed E-state index contributed by atoms with van der Waals surface area (Å²) in [4.78, 5) is 22.5. The fourth-order valence-corrected chi connectivity index (χ4v) is 3.43. The molecule has 0 atom stereocenters. The Bertz CT molecular complexity index is 969. The molecule has 0 aliphatic carbocycles. The van der Waals surface area contributed by atoms with Crippen LogP contribution in [0.1, 0.15) is 48.2 Å². The molecule has 2 aliphatic rings. The van der Waals surface area contributed by atoms with Gasteiger partial charge in [-0.25, -0.2) is 0 Å². The molecule has 1 fully saturated rings. The summed E-state index contributed by atoms with van der Waals surface area (Å²) in [7, 11) is 0. The molecule has 0 radical (unpaired) electrons. The molecule has 0 saturated carbocycles. The van der Waals surface area contributed by atoms with E-state index < -0.39 is 0 Å². The van der Waals surface area contributed by atoms with E-state index in [0.29, 0.717) is 25.4 Å². The molecule has 0 spiro atoms. The van der Waals surface area contributed by atoms with Crippen LogP contribution in [0.4, 0.5) is 5.69 Å². The van der Waals surface area contributed by atoms with Crippen LogP contribution in [0.25, 0.3) is 0 Å². The average molecular weight is 468 g/mol. The Kier molecular flexibility index (Phi) is 9.91. The molecule has 0 unspecified atom stereocenters. The van der Waals surface area contributed by atoms with E-state index in [1.807, 2.05) is 60.6 Å². The first-order chi connectivity index (χ1) is 16.5. The number of anilines is 1. The summed E-state index contributed by atoms with van der Waals surface area (Å²) in [6.45, 7) is 7.73. The number of nitrogens with one attached hydrogen (secondary N) is 1. The van der Waals surface area contributed by atoms with Gasteiger partial charge in [0.1, 0.15) is 5.75 Å². The van der Waals surface area contributed by atoms with Gasteiger partial charge in [0.25, 0.3) is 5.91 Å². The van der Waals surface area contributed by atoms with Crippen LogP contribution in [0, 0.1) is 0 Å². The fourth-order valence-electron chi connectivity index (χ4n) is 3.43. The third-order valence-corrected chi connectivity index (χ3v) is 5.21. The zero-order valence-corrected chi connectivity index (χ0v) is 19.9. The number of amides is 1. The van der Waals surface area contributed by atoms with Crippen molar-refractivity contribution in [3.05, 3.63) is 59.2 Å². The maximum atomic E-state index is 12.5. The van der Waals surface area contributed by atoms with Gasteiger partial charge in [-0.3, -0.25) is 14.6 Å². The van der Waals surface area contributed by atoms with Gasteiger partial charge in [-0.2, -0.15) is 5.10 Å². The lowest BCUT2D eigenvalue weighted by Gasteiger charge is -2.23. The number of morpholine rings is 1. The predicted molar refractivity (Wildman–Crippen MR) is 132 cm³/mol. The number of hydrogen-bond acceptors (Lipinski definition) is 7. The van der Waals surface area contributed by atoms with E-state index in [-0.39, 0.29) is 11.9 Å². The van der Waals surface area contributed by atoms with E-state index >= 15 is 0 Å². The van der Waals surface area contributed by atoms with E-state index in [1.165, 1.54) is 6.92 Å². The lowest BCUT2D eigenvalue weighted by Crippen LogP contribution is -2.32. The van der Waals surface area contributed by atoms with Crippen LogP contribution >= 0.6 is 0 Å². The Morgan fingerprint density at radius 3 is 2.56 bits per heavy atom. The van der Waals surface area contributed by atoms with E-state index in [9.17, 15) is 9.59 Å². The molecule has 2 aromatic rings. The zero-order chi connectivity index (χ0) is 24.2. The molecule has 0 aromatic heterocycles. The zero-order valence-electron chi connectivity index (χ0n) is 19.9. The van der Waals surface area contributed by atoms with Crippen molar-refractivity contribution in [2.75, 3.05) is 44.8 Å². The number of hydrazone groups is 1. The van der Waals surface area contributed by atoms with Gasteiger partial charge in [0.2, 0.25) is 0 Å². The number of aryl methyl sites for hydroxylation is 1. The topological polar surface area (TPSA) is 89.5 Å². The van der Waals surface area contributed by atoms with E-state index in [2.05, 4.69) is 15.2 Å². The third-order valence-electron chi connectivity index (χ3n) is 5.21. The highest BCUT2D eigenvalue weighted by Crippen LogP contribution is 2.27. The minimum atomic E-state index is -0.193. The standard InChI is InChI=1S/C21H23N3O3.C5H10O2/c25-21(23-19-7-8-20-18(14-19)2-1-11-27-20)17-5-3-16(4-6-17)15-22-24-9-12-26-13-10-24;1-3-4-7-5(2)6/h3-8,14-15H,1-2,9-13H2,(H,23,25);3-4H2,1-2H3. The fraction of sp³-hybridized carbons (Fsp3) is 0.423. The molecule has 8 nitrogen and oxygen atoms in total. The number of carbonyl (C=O) groups is 2. The summed E-state index contributed by atoms with van der Waals surface area (Å²) in [6, 6.07) is 13.2. The monoisotopic (exact) mass is 467 g/mol. The van der Waals surface area contributed by atoms with Crippen molar-refractivity contribution in [1.82, 2.24) is 5.01 Å². The number of rotatable bonds is 6. The minimum Gasteiger partial charge on any atom is -0.493 e. The Labute approximate surface area is 200 Å². The Morgan fingerprint density at radius 1 is 1.12 bits per heavy atom. The van der Waals surface area contributed by atoms with Gasteiger partial charge in [0, 0.05) is 18.2 Å². The van der Waals surface area contributed by atoms with Crippen LogP contribution in [0.3, 0.4) is 0 Å². The number of ether oxygens (including phenoxy) is 3. The molecular formula is C26H33N3O5. The molecule has 4 rings (SSSR count). The first-order valence-corrected chi connectivity index (χ1v) is 11.7. The normalized spacial score (nSPS) is 14.9. The lowest BCUT2D eigenvalue weighted by molar-refractivity contribution is -0.140. The third kappa shape index (κ3) is 8.19. The summed E-state index contributed by atoms with van der Waals surface area (Å²) in [5.41, 5.74) is 3.52. The Hall–Kier alpha value is -3.39. The minimum absolute atomic E-state index is 0.122. The molecule has 8 heteroatoms. The highest BCUT2D eigenvalue weighted by atomic mass is 16.5. The molecule has 2 aromatic carbocycles. The van der Waals surface area contributed by atoms with Crippen molar-refractivity contribution < 1.29 is 23.8 Å². The van der Waals surface area contributed by atoms with Crippen LogP contribution in [0.2, 0.25) is 0 Å². The molecule has 2 heterocycles. The SMILES string of the molecule is CCCOC(C)=O.O=C(Nc1ccc2c(c1)CCCO2)c1ccc(C=NN2CCOCC2)cc1. The van der Waals surface area contributed by atoms with Gasteiger partial charge < -0.3 is 19.5 Å². The summed E-state index contributed by atoms with van der Waals surface area (Å²) in [6.07, 6.45) is 4.71. The van der Waals surface area contributed by atoms with Gasteiger partial charge in [-0.1, -0.05) is 19.1 Å². The Morgan fingerprint density at radius 2 is 1.88 bits per heavy atom.